The molecule has 0 spiro atoms. The molecule has 31 heavy (non-hydrogen) atoms. The van der Waals surface area contributed by atoms with Gasteiger partial charge in [-0.25, -0.2) is 8.42 Å². The molecule has 2 N–H and O–H groups in total. The summed E-state index contributed by atoms with van der Waals surface area (Å²) in [7, 11) is -2.35. The molecule has 0 saturated heterocycles. The molecule has 3 rings (SSSR count). The van der Waals surface area contributed by atoms with Crippen LogP contribution in [0.2, 0.25) is 0 Å². The first kappa shape index (κ1) is 22.2. The van der Waals surface area contributed by atoms with Gasteiger partial charge in [-0.1, -0.05) is 24.3 Å². The maximum Gasteiger partial charge on any atom is 0.262 e. The number of carbonyl (C=O) groups excluding carboxylic acids is 1. The maximum atomic E-state index is 12.7. The number of para-hydroxylation sites is 1. The Morgan fingerprint density at radius 1 is 0.935 bits per heavy atom. The van der Waals surface area contributed by atoms with E-state index in [1.165, 1.54) is 31.4 Å². The van der Waals surface area contributed by atoms with Gasteiger partial charge in [-0.2, -0.15) is 0 Å². The smallest absolute Gasteiger partial charge is 0.262 e. The van der Waals surface area contributed by atoms with E-state index >= 15 is 0 Å². The topological polar surface area (TPSA) is 93.7 Å². The normalized spacial score (nSPS) is 10.9. The SMILES string of the molecule is COc1ccc(C)cc1NS(=O)(=O)c1ccc(NC(=O)COc2ccccc2C)cc1. The molecule has 0 aliphatic heterocycles. The average Bonchev–Trinajstić information content (AvgIpc) is 2.73. The number of hydrogen-bond donors (Lipinski definition) is 2. The Morgan fingerprint density at radius 2 is 1.65 bits per heavy atom. The summed E-state index contributed by atoms with van der Waals surface area (Å²) in [5.41, 5.74) is 2.64. The van der Waals surface area contributed by atoms with Crippen LogP contribution in [-0.2, 0) is 14.8 Å². The van der Waals surface area contributed by atoms with Crippen LogP contribution in [-0.4, -0.2) is 28.0 Å². The molecule has 8 heteroatoms. The fraction of sp³-hybridized carbons (Fsp3) is 0.174. The van der Waals surface area contributed by atoms with Crippen LogP contribution in [0.1, 0.15) is 11.1 Å². The van der Waals surface area contributed by atoms with E-state index in [-0.39, 0.29) is 17.4 Å². The first-order chi connectivity index (χ1) is 14.8. The van der Waals surface area contributed by atoms with Gasteiger partial charge in [0.2, 0.25) is 0 Å². The average molecular weight is 441 g/mol. The third-order valence-electron chi connectivity index (χ3n) is 4.50. The molecule has 0 saturated carbocycles. The molecule has 3 aromatic carbocycles. The molecule has 0 radical (unpaired) electrons. The first-order valence-corrected chi connectivity index (χ1v) is 11.0. The summed E-state index contributed by atoms with van der Waals surface area (Å²) >= 11 is 0. The van der Waals surface area contributed by atoms with E-state index in [0.717, 1.165) is 11.1 Å². The van der Waals surface area contributed by atoms with E-state index in [4.69, 9.17) is 9.47 Å². The molecule has 0 aliphatic carbocycles. The summed E-state index contributed by atoms with van der Waals surface area (Å²) in [6.45, 7) is 3.60. The van der Waals surface area contributed by atoms with Gasteiger partial charge in [-0.3, -0.25) is 9.52 Å². The maximum absolute atomic E-state index is 12.7. The summed E-state index contributed by atoms with van der Waals surface area (Å²) in [4.78, 5) is 12.2. The highest BCUT2D eigenvalue weighted by molar-refractivity contribution is 7.92. The highest BCUT2D eigenvalue weighted by Gasteiger charge is 2.17. The Hall–Kier alpha value is -3.52. The molecule has 0 aromatic heterocycles. The van der Waals surface area contributed by atoms with Crippen molar-refractivity contribution in [3.63, 3.8) is 0 Å². The standard InChI is InChI=1S/C23H24N2O5S/c1-16-8-13-22(29-3)20(14-16)25-31(27,28)19-11-9-18(10-12-19)24-23(26)15-30-21-7-5-4-6-17(21)2/h4-14,25H,15H2,1-3H3,(H,24,26). The number of amides is 1. The van der Waals surface area contributed by atoms with Crippen molar-refractivity contribution in [2.75, 3.05) is 23.8 Å². The van der Waals surface area contributed by atoms with Gasteiger partial charge in [0.15, 0.2) is 6.61 Å². The molecule has 0 unspecified atom stereocenters. The number of sulfonamides is 1. The largest absolute Gasteiger partial charge is 0.495 e. The van der Waals surface area contributed by atoms with Gasteiger partial charge in [0.05, 0.1) is 17.7 Å². The van der Waals surface area contributed by atoms with Gasteiger partial charge in [-0.15, -0.1) is 0 Å². The number of anilines is 2. The highest BCUT2D eigenvalue weighted by Crippen LogP contribution is 2.28. The molecular formula is C23H24N2O5S. The fourth-order valence-corrected chi connectivity index (χ4v) is 3.94. The van der Waals surface area contributed by atoms with Crippen molar-refractivity contribution in [1.29, 1.82) is 0 Å². The van der Waals surface area contributed by atoms with E-state index in [2.05, 4.69) is 10.0 Å². The van der Waals surface area contributed by atoms with Crippen molar-refractivity contribution >= 4 is 27.3 Å². The Labute approximate surface area is 182 Å². The Morgan fingerprint density at radius 3 is 2.32 bits per heavy atom. The molecule has 3 aromatic rings. The van der Waals surface area contributed by atoms with Gasteiger partial charge in [0.25, 0.3) is 15.9 Å². The Balaban J connectivity index is 1.64. The first-order valence-electron chi connectivity index (χ1n) is 9.54. The predicted molar refractivity (Wildman–Crippen MR) is 120 cm³/mol. The number of aryl methyl sites for hydroxylation is 2. The summed E-state index contributed by atoms with van der Waals surface area (Å²) in [6, 6.07) is 18.5. The van der Waals surface area contributed by atoms with E-state index in [0.29, 0.717) is 22.9 Å². The van der Waals surface area contributed by atoms with Crippen LogP contribution < -0.4 is 19.5 Å². The monoisotopic (exact) mass is 440 g/mol. The van der Waals surface area contributed by atoms with Gasteiger partial charge < -0.3 is 14.8 Å². The minimum absolute atomic E-state index is 0.0604. The van der Waals surface area contributed by atoms with Crippen molar-refractivity contribution in [1.82, 2.24) is 0 Å². The van der Waals surface area contributed by atoms with Gasteiger partial charge in [0.1, 0.15) is 11.5 Å². The summed E-state index contributed by atoms with van der Waals surface area (Å²) in [6.07, 6.45) is 0. The molecule has 0 aliphatic rings. The Kier molecular flexibility index (Phi) is 6.81. The van der Waals surface area contributed by atoms with Crippen LogP contribution in [0.4, 0.5) is 11.4 Å². The lowest BCUT2D eigenvalue weighted by Gasteiger charge is -2.13. The molecule has 0 bridgehead atoms. The minimum atomic E-state index is -3.83. The predicted octanol–water partition coefficient (Wildman–Crippen LogP) is 4.13. The molecular weight excluding hydrogens is 416 g/mol. The lowest BCUT2D eigenvalue weighted by Crippen LogP contribution is -2.20. The molecule has 1 amide bonds. The van der Waals surface area contributed by atoms with Crippen molar-refractivity contribution in [3.8, 4) is 11.5 Å². The van der Waals surface area contributed by atoms with Crippen molar-refractivity contribution in [3.05, 3.63) is 77.9 Å². The Bertz CT molecular complexity index is 1170. The summed E-state index contributed by atoms with van der Waals surface area (Å²) in [5.74, 6) is 0.713. The van der Waals surface area contributed by atoms with Crippen LogP contribution in [0, 0.1) is 13.8 Å². The fourth-order valence-electron chi connectivity index (χ4n) is 2.88. The quantitative estimate of drug-likeness (QED) is 0.549. The lowest BCUT2D eigenvalue weighted by molar-refractivity contribution is -0.118. The van der Waals surface area contributed by atoms with Gasteiger partial charge in [-0.05, 0) is 67.4 Å². The molecule has 0 fully saturated rings. The number of ether oxygens (including phenoxy) is 2. The zero-order valence-corrected chi connectivity index (χ0v) is 18.3. The second kappa shape index (κ2) is 9.53. The van der Waals surface area contributed by atoms with Crippen LogP contribution >= 0.6 is 0 Å². The number of rotatable bonds is 8. The summed E-state index contributed by atoms with van der Waals surface area (Å²) in [5, 5.41) is 2.69. The van der Waals surface area contributed by atoms with Crippen molar-refractivity contribution < 1.29 is 22.7 Å². The second-order valence-corrected chi connectivity index (χ2v) is 8.62. The van der Waals surface area contributed by atoms with Crippen LogP contribution in [0.5, 0.6) is 11.5 Å². The molecule has 7 nitrogen and oxygen atoms in total. The minimum Gasteiger partial charge on any atom is -0.495 e. The summed E-state index contributed by atoms with van der Waals surface area (Å²) < 4.78 is 38.7. The zero-order valence-electron chi connectivity index (χ0n) is 17.5. The molecule has 0 atom stereocenters. The van der Waals surface area contributed by atoms with E-state index in [9.17, 15) is 13.2 Å². The van der Waals surface area contributed by atoms with E-state index in [1.54, 1.807) is 18.2 Å². The number of benzene rings is 3. The van der Waals surface area contributed by atoms with Crippen LogP contribution in [0.15, 0.2) is 71.6 Å². The van der Waals surface area contributed by atoms with Gasteiger partial charge in [0, 0.05) is 5.69 Å². The third-order valence-corrected chi connectivity index (χ3v) is 5.88. The highest BCUT2D eigenvalue weighted by atomic mass is 32.2. The second-order valence-electron chi connectivity index (χ2n) is 6.94. The molecule has 0 heterocycles. The lowest BCUT2D eigenvalue weighted by atomic mass is 10.2. The van der Waals surface area contributed by atoms with E-state index < -0.39 is 10.0 Å². The van der Waals surface area contributed by atoms with Crippen LogP contribution in [0.3, 0.4) is 0 Å². The van der Waals surface area contributed by atoms with Crippen LogP contribution in [0.25, 0.3) is 0 Å². The van der Waals surface area contributed by atoms with Gasteiger partial charge >= 0.3 is 0 Å². The van der Waals surface area contributed by atoms with Crippen molar-refractivity contribution in [2.45, 2.75) is 18.7 Å². The number of nitrogens with one attached hydrogen (secondary N) is 2. The number of carbonyl (C=O) groups is 1. The molecule has 162 valence electrons. The third kappa shape index (κ3) is 5.76. The van der Waals surface area contributed by atoms with E-state index in [1.807, 2.05) is 38.1 Å². The van der Waals surface area contributed by atoms with Crippen molar-refractivity contribution in [2.24, 2.45) is 0 Å². The zero-order chi connectivity index (χ0) is 22.4. The number of methoxy groups -OCH3 is 1. The number of hydrogen-bond acceptors (Lipinski definition) is 5.